The maximum atomic E-state index is 14.3. The minimum atomic E-state index is -0.767. The number of hydrogen-bond acceptors (Lipinski definition) is 5. The van der Waals surface area contributed by atoms with Gasteiger partial charge in [0.15, 0.2) is 0 Å². The van der Waals surface area contributed by atoms with Crippen molar-refractivity contribution in [3.05, 3.63) is 60.2 Å². The highest BCUT2D eigenvalue weighted by molar-refractivity contribution is 8.02. The van der Waals surface area contributed by atoms with Crippen molar-refractivity contribution in [1.29, 1.82) is 0 Å². The van der Waals surface area contributed by atoms with Crippen LogP contribution >= 0.6 is 11.8 Å². The van der Waals surface area contributed by atoms with E-state index in [4.69, 9.17) is 0 Å². The molecule has 0 bridgehead atoms. The average molecular weight is 552 g/mol. The van der Waals surface area contributed by atoms with Crippen LogP contribution in [-0.2, 0) is 20.9 Å². The zero-order valence-corrected chi connectivity index (χ0v) is 23.9. The lowest BCUT2D eigenvalue weighted by Crippen LogP contribution is -2.55. The van der Waals surface area contributed by atoms with Crippen LogP contribution in [0.25, 0.3) is 0 Å². The smallest absolute Gasteiger partial charge is 0.247 e. The first kappa shape index (κ1) is 28.0. The standard InChI is InChI=1S/C31H41N3O4S/c1-3-12-22(2)33-19-11-16-31-26(29(37)34(27(31)30(33)38)18-8-5-9-20-35)25-24(39-31)15-10-17-32(28(25)36)21-23-13-6-4-7-14-23/h4,6-7,10-11,13-16,22,24-27,35H,3,5,8-9,12,17-21H2,1-2H3/t22?,24-,25+,26+,27?,31+/m1/s1. The lowest BCUT2D eigenvalue weighted by molar-refractivity contribution is -0.145. The Hall–Kier alpha value is -2.58. The summed E-state index contributed by atoms with van der Waals surface area (Å²) in [7, 11) is 0. The van der Waals surface area contributed by atoms with Gasteiger partial charge in [0.1, 0.15) is 6.04 Å². The van der Waals surface area contributed by atoms with E-state index in [2.05, 4.69) is 38.2 Å². The summed E-state index contributed by atoms with van der Waals surface area (Å²) in [5, 5.41) is 9.12. The van der Waals surface area contributed by atoms with Gasteiger partial charge in [-0.15, -0.1) is 11.8 Å². The second-order valence-electron chi connectivity index (χ2n) is 11.3. The fraction of sp³-hybridized carbons (Fsp3) is 0.581. The molecule has 1 aromatic rings. The molecular weight excluding hydrogens is 510 g/mol. The van der Waals surface area contributed by atoms with Crippen LogP contribution in [0.4, 0.5) is 0 Å². The van der Waals surface area contributed by atoms with Crippen LogP contribution in [0.1, 0.15) is 51.5 Å². The van der Waals surface area contributed by atoms with E-state index >= 15 is 0 Å². The first-order valence-corrected chi connectivity index (χ1v) is 15.4. The normalized spacial score (nSPS) is 30.7. The largest absolute Gasteiger partial charge is 0.396 e. The van der Waals surface area contributed by atoms with Crippen LogP contribution in [0, 0.1) is 11.8 Å². The zero-order valence-electron chi connectivity index (χ0n) is 23.1. The predicted octanol–water partition coefficient (Wildman–Crippen LogP) is 3.63. The van der Waals surface area contributed by atoms with Crippen LogP contribution in [-0.4, -0.2) is 85.8 Å². The summed E-state index contributed by atoms with van der Waals surface area (Å²) in [6.07, 6.45) is 12.4. The van der Waals surface area contributed by atoms with E-state index in [-0.39, 0.29) is 35.6 Å². The topological polar surface area (TPSA) is 81.2 Å². The van der Waals surface area contributed by atoms with Crippen molar-refractivity contribution in [2.45, 2.75) is 74.6 Å². The Balaban J connectivity index is 1.50. The maximum Gasteiger partial charge on any atom is 0.247 e. The zero-order chi connectivity index (χ0) is 27.6. The molecule has 2 unspecified atom stereocenters. The van der Waals surface area contributed by atoms with Crippen molar-refractivity contribution >= 4 is 29.5 Å². The number of carbonyl (C=O) groups is 3. The molecule has 0 aliphatic carbocycles. The second-order valence-corrected chi connectivity index (χ2v) is 12.8. The van der Waals surface area contributed by atoms with Gasteiger partial charge in [-0.2, -0.15) is 0 Å². The van der Waals surface area contributed by atoms with Crippen molar-refractivity contribution in [3.63, 3.8) is 0 Å². The quantitative estimate of drug-likeness (QED) is 0.355. The van der Waals surface area contributed by atoms with E-state index in [9.17, 15) is 19.5 Å². The average Bonchev–Trinajstić information content (AvgIpc) is 3.24. The fourth-order valence-electron chi connectivity index (χ4n) is 6.93. The van der Waals surface area contributed by atoms with Crippen LogP contribution in [0.2, 0.25) is 0 Å². The molecule has 8 heteroatoms. The molecule has 210 valence electrons. The van der Waals surface area contributed by atoms with Crippen LogP contribution in [0.15, 0.2) is 54.6 Å². The molecule has 4 heterocycles. The SMILES string of the molecule is CCCC(C)N1CC=C[C@]23S[C@@H]4C=CCN(Cc5ccccc5)C(=O)[C@@H]4[C@H]2C(=O)N(CCCCCO)C3C1=O. The summed E-state index contributed by atoms with van der Waals surface area (Å²) in [6.45, 7) is 6.33. The van der Waals surface area contributed by atoms with E-state index in [1.807, 2.05) is 40.1 Å². The van der Waals surface area contributed by atoms with Gasteiger partial charge in [0.2, 0.25) is 17.7 Å². The third kappa shape index (κ3) is 5.06. The third-order valence-electron chi connectivity index (χ3n) is 8.79. The molecule has 1 spiro atoms. The first-order valence-electron chi connectivity index (χ1n) is 14.5. The number of rotatable bonds is 10. The molecular formula is C31H41N3O4S. The van der Waals surface area contributed by atoms with Gasteiger partial charge in [-0.25, -0.2) is 0 Å². The lowest BCUT2D eigenvalue weighted by atomic mass is 9.78. The van der Waals surface area contributed by atoms with E-state index in [1.54, 1.807) is 16.7 Å². The predicted molar refractivity (Wildman–Crippen MR) is 154 cm³/mol. The number of amides is 3. The Kier molecular flexibility index (Phi) is 8.52. The molecule has 2 saturated heterocycles. The van der Waals surface area contributed by atoms with Crippen LogP contribution in [0.5, 0.6) is 0 Å². The Morgan fingerprint density at radius 3 is 2.56 bits per heavy atom. The monoisotopic (exact) mass is 551 g/mol. The summed E-state index contributed by atoms with van der Waals surface area (Å²) in [4.78, 5) is 48.4. The van der Waals surface area contributed by atoms with E-state index in [1.165, 1.54) is 0 Å². The highest BCUT2D eigenvalue weighted by Gasteiger charge is 2.71. The van der Waals surface area contributed by atoms with Gasteiger partial charge in [-0.05, 0) is 38.2 Å². The van der Waals surface area contributed by atoms with Crippen LogP contribution < -0.4 is 0 Å². The molecule has 1 N–H and O–H groups in total. The highest BCUT2D eigenvalue weighted by atomic mass is 32.2. The van der Waals surface area contributed by atoms with E-state index in [0.717, 1.165) is 31.2 Å². The molecule has 2 fully saturated rings. The number of aliphatic hydroxyl groups excluding tert-OH is 1. The number of aliphatic hydroxyl groups is 1. The number of benzene rings is 1. The maximum absolute atomic E-state index is 14.3. The number of fused-ring (bicyclic) bond motifs is 2. The summed E-state index contributed by atoms with van der Waals surface area (Å²) in [5.41, 5.74) is 1.06. The molecule has 6 atom stereocenters. The Bertz CT molecular complexity index is 1120. The van der Waals surface area contributed by atoms with Gasteiger partial charge in [-0.3, -0.25) is 14.4 Å². The number of thioether (sulfide) groups is 1. The van der Waals surface area contributed by atoms with Gasteiger partial charge in [0, 0.05) is 44.1 Å². The number of likely N-dealkylation sites (tertiary alicyclic amines) is 1. The fourth-order valence-corrected chi connectivity index (χ4v) is 8.94. The number of hydrogen-bond donors (Lipinski definition) is 1. The molecule has 7 nitrogen and oxygen atoms in total. The molecule has 5 rings (SSSR count). The van der Waals surface area contributed by atoms with E-state index in [0.29, 0.717) is 32.6 Å². The minimum Gasteiger partial charge on any atom is -0.396 e. The van der Waals surface area contributed by atoms with Crippen molar-refractivity contribution in [2.24, 2.45) is 11.8 Å². The number of unbranched alkanes of at least 4 members (excludes halogenated alkanes) is 2. The van der Waals surface area contributed by atoms with Crippen molar-refractivity contribution < 1.29 is 19.5 Å². The van der Waals surface area contributed by atoms with Gasteiger partial charge >= 0.3 is 0 Å². The Labute approximate surface area is 236 Å². The molecule has 3 amide bonds. The molecule has 4 aliphatic rings. The van der Waals surface area contributed by atoms with Crippen molar-refractivity contribution in [3.8, 4) is 0 Å². The van der Waals surface area contributed by atoms with Gasteiger partial charge in [0.05, 0.1) is 16.6 Å². The van der Waals surface area contributed by atoms with Crippen LogP contribution in [0.3, 0.4) is 0 Å². The van der Waals surface area contributed by atoms with E-state index < -0.39 is 22.6 Å². The summed E-state index contributed by atoms with van der Waals surface area (Å²) < 4.78 is -0.767. The lowest BCUT2D eigenvalue weighted by Gasteiger charge is -2.37. The molecule has 0 saturated carbocycles. The molecule has 39 heavy (non-hydrogen) atoms. The molecule has 1 aromatic carbocycles. The Morgan fingerprint density at radius 1 is 1.03 bits per heavy atom. The summed E-state index contributed by atoms with van der Waals surface area (Å²) in [6, 6.07) is 9.42. The van der Waals surface area contributed by atoms with Gasteiger partial charge in [-0.1, -0.05) is 68.0 Å². The second kappa shape index (κ2) is 11.9. The minimum absolute atomic E-state index is 0.000452. The third-order valence-corrected chi connectivity index (χ3v) is 10.5. The first-order chi connectivity index (χ1) is 18.9. The van der Waals surface area contributed by atoms with Gasteiger partial charge in [0.25, 0.3) is 0 Å². The summed E-state index contributed by atoms with van der Waals surface area (Å²) >= 11 is 1.65. The molecule has 4 aliphatic heterocycles. The highest BCUT2D eigenvalue weighted by Crippen LogP contribution is 2.61. The van der Waals surface area contributed by atoms with Crippen molar-refractivity contribution in [1.82, 2.24) is 14.7 Å². The summed E-state index contributed by atoms with van der Waals surface area (Å²) in [5.74, 6) is -1.16. The Morgan fingerprint density at radius 2 is 1.82 bits per heavy atom. The van der Waals surface area contributed by atoms with Gasteiger partial charge < -0.3 is 19.8 Å². The number of nitrogens with zero attached hydrogens (tertiary/aromatic N) is 3. The molecule has 0 radical (unpaired) electrons. The molecule has 0 aromatic heterocycles. The number of carbonyl (C=O) groups excluding carboxylic acids is 3. The van der Waals surface area contributed by atoms with Crippen molar-refractivity contribution in [2.75, 3.05) is 26.2 Å².